The van der Waals surface area contributed by atoms with E-state index >= 15 is 0 Å². The Morgan fingerprint density at radius 3 is 2.62 bits per heavy atom. The van der Waals surface area contributed by atoms with Crippen LogP contribution in [0.5, 0.6) is 0 Å². The molecule has 7 nitrogen and oxygen atoms in total. The number of nitrogens with zero attached hydrogens (tertiary/aromatic N) is 2. The molecule has 1 radical (unpaired) electrons. The maximum atomic E-state index is 10.1. The van der Waals surface area contributed by atoms with Gasteiger partial charge in [0.05, 0.1) is 43.2 Å². The van der Waals surface area contributed by atoms with E-state index in [1.165, 1.54) is 0 Å². The lowest BCUT2D eigenvalue weighted by Gasteiger charge is -2.24. The van der Waals surface area contributed by atoms with Gasteiger partial charge in [-0.05, 0) is 18.6 Å². The van der Waals surface area contributed by atoms with Crippen LogP contribution < -0.4 is 0 Å². The SMILES string of the molecule is CO[Si](CC[CH]OCC(O)Cn1cnc2ccccc21)(OC)OC. The summed E-state index contributed by atoms with van der Waals surface area (Å²) in [4.78, 5) is 4.30. The Bertz CT molecular complexity index is 609. The van der Waals surface area contributed by atoms with Gasteiger partial charge in [0, 0.05) is 27.4 Å². The third-order valence-electron chi connectivity index (χ3n) is 3.84. The Morgan fingerprint density at radius 2 is 1.92 bits per heavy atom. The van der Waals surface area contributed by atoms with Crippen LogP contribution in [0.2, 0.25) is 6.04 Å². The van der Waals surface area contributed by atoms with E-state index in [1.807, 2.05) is 28.8 Å². The highest BCUT2D eigenvalue weighted by Crippen LogP contribution is 2.16. The number of para-hydroxylation sites is 2. The summed E-state index contributed by atoms with van der Waals surface area (Å²) in [5, 5.41) is 10.1. The van der Waals surface area contributed by atoms with Crippen molar-refractivity contribution in [1.29, 1.82) is 0 Å². The average molecular weight is 353 g/mol. The van der Waals surface area contributed by atoms with Crippen LogP contribution in [0.4, 0.5) is 0 Å². The van der Waals surface area contributed by atoms with Crippen molar-refractivity contribution in [1.82, 2.24) is 9.55 Å². The van der Waals surface area contributed by atoms with Crippen LogP contribution in [0.1, 0.15) is 6.42 Å². The first-order chi connectivity index (χ1) is 11.6. The van der Waals surface area contributed by atoms with Crippen LogP contribution in [0.25, 0.3) is 11.0 Å². The Kier molecular flexibility index (Phi) is 7.34. The molecule has 8 heteroatoms. The number of aromatic nitrogens is 2. The first kappa shape index (κ1) is 19.0. The lowest BCUT2D eigenvalue weighted by atomic mass is 10.3. The highest BCUT2D eigenvalue weighted by atomic mass is 28.4. The molecule has 0 amide bonds. The van der Waals surface area contributed by atoms with Gasteiger partial charge < -0.3 is 27.7 Å². The van der Waals surface area contributed by atoms with Crippen molar-refractivity contribution in [3.8, 4) is 0 Å². The predicted octanol–water partition coefficient (Wildman–Crippen LogP) is 1.84. The molecule has 1 atom stereocenters. The molecule has 0 spiro atoms. The number of fused-ring (bicyclic) bond motifs is 1. The van der Waals surface area contributed by atoms with Crippen molar-refractivity contribution in [2.75, 3.05) is 27.9 Å². The van der Waals surface area contributed by atoms with Gasteiger partial charge in [0.15, 0.2) is 0 Å². The first-order valence-electron chi connectivity index (χ1n) is 7.81. The zero-order valence-corrected chi connectivity index (χ0v) is 15.3. The number of hydrogen-bond acceptors (Lipinski definition) is 6. The summed E-state index contributed by atoms with van der Waals surface area (Å²) in [5.74, 6) is 0. The summed E-state index contributed by atoms with van der Waals surface area (Å²) in [6.07, 6.45) is 1.74. The van der Waals surface area contributed by atoms with Crippen LogP contribution in [-0.2, 0) is 24.6 Å². The van der Waals surface area contributed by atoms with Crippen molar-refractivity contribution in [2.24, 2.45) is 0 Å². The van der Waals surface area contributed by atoms with Gasteiger partial charge in [0.25, 0.3) is 0 Å². The van der Waals surface area contributed by atoms with Gasteiger partial charge in [-0.1, -0.05) is 12.1 Å². The van der Waals surface area contributed by atoms with Gasteiger partial charge in [-0.2, -0.15) is 0 Å². The van der Waals surface area contributed by atoms with Gasteiger partial charge in [-0.25, -0.2) is 4.98 Å². The quantitative estimate of drug-likeness (QED) is 0.491. The van der Waals surface area contributed by atoms with Crippen LogP contribution >= 0.6 is 0 Å². The van der Waals surface area contributed by atoms with E-state index in [-0.39, 0.29) is 6.61 Å². The number of imidazole rings is 1. The van der Waals surface area contributed by atoms with Gasteiger partial charge in [0.2, 0.25) is 0 Å². The minimum Gasteiger partial charge on any atom is -0.389 e. The third-order valence-corrected chi connectivity index (χ3v) is 6.61. The fourth-order valence-corrected chi connectivity index (χ4v) is 4.07. The van der Waals surface area contributed by atoms with E-state index in [2.05, 4.69) is 4.98 Å². The molecule has 0 aliphatic rings. The molecule has 0 bridgehead atoms. The fourth-order valence-electron chi connectivity index (χ4n) is 2.49. The maximum absolute atomic E-state index is 10.1. The molecule has 1 heterocycles. The van der Waals surface area contributed by atoms with Crippen LogP contribution in [-0.4, -0.2) is 57.5 Å². The molecule has 1 unspecified atom stereocenters. The summed E-state index contributed by atoms with van der Waals surface area (Å²) in [6.45, 7) is 2.31. The fraction of sp³-hybridized carbons (Fsp3) is 0.500. The molecule has 24 heavy (non-hydrogen) atoms. The summed E-state index contributed by atoms with van der Waals surface area (Å²) in [5.41, 5.74) is 1.91. The summed E-state index contributed by atoms with van der Waals surface area (Å²) >= 11 is 0. The van der Waals surface area contributed by atoms with Crippen molar-refractivity contribution >= 4 is 19.8 Å². The molecule has 133 valence electrons. The first-order valence-corrected chi connectivity index (χ1v) is 9.74. The van der Waals surface area contributed by atoms with E-state index in [4.69, 9.17) is 18.0 Å². The molecule has 2 aromatic rings. The van der Waals surface area contributed by atoms with E-state index in [0.717, 1.165) is 11.0 Å². The summed E-state index contributed by atoms with van der Waals surface area (Å²) in [7, 11) is 2.18. The van der Waals surface area contributed by atoms with Crippen LogP contribution in [0.15, 0.2) is 30.6 Å². The number of aliphatic hydroxyl groups excluding tert-OH is 1. The minimum absolute atomic E-state index is 0.216. The second-order valence-electron chi connectivity index (χ2n) is 5.37. The van der Waals surface area contributed by atoms with Crippen molar-refractivity contribution in [3.63, 3.8) is 0 Å². The standard InChI is InChI=1S/C16H25N2O5Si/c1-20-24(21-2,22-3)10-6-9-23-12-14(19)11-18-13-17-15-7-4-5-8-16(15)18/h4-5,7-9,13-14,19H,6,10-12H2,1-3H3. The Labute approximate surface area is 143 Å². The normalized spacial score (nSPS) is 13.5. The van der Waals surface area contributed by atoms with Crippen molar-refractivity contribution < 1.29 is 23.1 Å². The Hall–Kier alpha value is -1.29. The van der Waals surface area contributed by atoms with Crippen LogP contribution in [0, 0.1) is 6.61 Å². The van der Waals surface area contributed by atoms with Crippen molar-refractivity contribution in [2.45, 2.75) is 25.1 Å². The van der Waals surface area contributed by atoms with E-state index in [9.17, 15) is 5.11 Å². The van der Waals surface area contributed by atoms with Gasteiger partial charge in [-0.15, -0.1) is 0 Å². The van der Waals surface area contributed by atoms with Gasteiger partial charge in [-0.3, -0.25) is 0 Å². The number of hydrogen-bond donors (Lipinski definition) is 1. The molecule has 0 fully saturated rings. The molecule has 0 saturated heterocycles. The molecule has 2 rings (SSSR count). The average Bonchev–Trinajstić information content (AvgIpc) is 3.02. The predicted molar refractivity (Wildman–Crippen MR) is 92.2 cm³/mol. The summed E-state index contributed by atoms with van der Waals surface area (Å²) in [6, 6.07) is 8.44. The lowest BCUT2D eigenvalue weighted by molar-refractivity contribution is 0.0529. The second kappa shape index (κ2) is 9.26. The molecule has 0 aliphatic heterocycles. The van der Waals surface area contributed by atoms with E-state index < -0.39 is 14.9 Å². The number of ether oxygens (including phenoxy) is 1. The molecule has 1 N–H and O–H groups in total. The molecule has 0 saturated carbocycles. The minimum atomic E-state index is -2.56. The smallest absolute Gasteiger partial charge is 0.389 e. The number of aliphatic hydroxyl groups is 1. The Morgan fingerprint density at radius 1 is 1.21 bits per heavy atom. The highest BCUT2D eigenvalue weighted by molar-refractivity contribution is 6.60. The zero-order chi connectivity index (χ0) is 17.4. The van der Waals surface area contributed by atoms with Gasteiger partial charge in [0.1, 0.15) is 0 Å². The molecule has 1 aromatic heterocycles. The maximum Gasteiger partial charge on any atom is 0.500 e. The highest BCUT2D eigenvalue weighted by Gasteiger charge is 2.36. The third kappa shape index (κ3) is 4.85. The number of benzene rings is 1. The van der Waals surface area contributed by atoms with E-state index in [1.54, 1.807) is 34.3 Å². The largest absolute Gasteiger partial charge is 0.500 e. The molecule has 1 aromatic carbocycles. The Balaban J connectivity index is 1.71. The number of rotatable bonds is 11. The van der Waals surface area contributed by atoms with Crippen LogP contribution in [0.3, 0.4) is 0 Å². The van der Waals surface area contributed by atoms with E-state index in [0.29, 0.717) is 19.0 Å². The zero-order valence-electron chi connectivity index (χ0n) is 14.3. The van der Waals surface area contributed by atoms with Gasteiger partial charge >= 0.3 is 8.80 Å². The summed E-state index contributed by atoms with van der Waals surface area (Å²) < 4.78 is 23.4. The van der Waals surface area contributed by atoms with Crippen molar-refractivity contribution in [3.05, 3.63) is 37.2 Å². The molecular weight excluding hydrogens is 328 g/mol. The molecular formula is C16H25N2O5Si. The topological polar surface area (TPSA) is 75.0 Å². The molecule has 0 aliphatic carbocycles. The lowest BCUT2D eigenvalue weighted by Crippen LogP contribution is -2.42. The monoisotopic (exact) mass is 353 g/mol. The second-order valence-corrected chi connectivity index (χ2v) is 8.46.